The van der Waals surface area contributed by atoms with E-state index in [0.717, 1.165) is 5.56 Å². The number of epoxide rings is 1. The molecule has 0 radical (unpaired) electrons. The monoisotopic (exact) mass is 432 g/mol. The van der Waals surface area contributed by atoms with Crippen LogP contribution < -0.4 is 16.0 Å². The highest BCUT2D eigenvalue weighted by Crippen LogP contribution is 2.15. The van der Waals surface area contributed by atoms with E-state index in [1.807, 2.05) is 35.2 Å². The number of carbonyl (C=O) groups is 4. The van der Waals surface area contributed by atoms with Gasteiger partial charge >= 0.3 is 0 Å². The molecule has 2 unspecified atom stereocenters. The SMILES string of the molecule is O=C(CNC(=O)CN1CCOCC1)NCC(=O)NC(Cc1ccccc1)C(=O)C1CO1. The highest BCUT2D eigenvalue weighted by Gasteiger charge is 2.37. The molecule has 0 saturated carbocycles. The summed E-state index contributed by atoms with van der Waals surface area (Å²) < 4.78 is 10.3. The first-order valence-corrected chi connectivity index (χ1v) is 10.3. The lowest BCUT2D eigenvalue weighted by atomic mass is 10.0. The Labute approximate surface area is 180 Å². The average molecular weight is 432 g/mol. The van der Waals surface area contributed by atoms with E-state index < -0.39 is 24.0 Å². The van der Waals surface area contributed by atoms with Crippen molar-refractivity contribution >= 4 is 23.5 Å². The summed E-state index contributed by atoms with van der Waals surface area (Å²) in [7, 11) is 0. The van der Waals surface area contributed by atoms with Gasteiger partial charge in [-0.15, -0.1) is 0 Å². The first kappa shape index (κ1) is 22.9. The minimum Gasteiger partial charge on any atom is -0.379 e. The molecule has 1 aromatic rings. The Balaban J connectivity index is 1.38. The van der Waals surface area contributed by atoms with E-state index in [2.05, 4.69) is 16.0 Å². The smallest absolute Gasteiger partial charge is 0.239 e. The zero-order chi connectivity index (χ0) is 22.1. The average Bonchev–Trinajstić information content (AvgIpc) is 3.62. The number of nitrogens with zero attached hydrogens (tertiary/aromatic N) is 1. The van der Waals surface area contributed by atoms with Crippen LogP contribution in [0.1, 0.15) is 5.56 Å². The van der Waals surface area contributed by atoms with Crippen LogP contribution in [0.15, 0.2) is 30.3 Å². The minimum atomic E-state index is -0.729. The first-order valence-electron chi connectivity index (χ1n) is 10.3. The van der Waals surface area contributed by atoms with E-state index in [0.29, 0.717) is 39.3 Å². The molecular weight excluding hydrogens is 404 g/mol. The number of benzene rings is 1. The Morgan fingerprint density at radius 1 is 0.968 bits per heavy atom. The molecule has 0 aromatic heterocycles. The molecule has 10 heteroatoms. The number of rotatable bonds is 11. The van der Waals surface area contributed by atoms with Gasteiger partial charge in [-0.05, 0) is 12.0 Å². The Morgan fingerprint density at radius 3 is 2.29 bits per heavy atom. The van der Waals surface area contributed by atoms with Gasteiger partial charge in [0.1, 0.15) is 6.10 Å². The van der Waals surface area contributed by atoms with Crippen molar-refractivity contribution in [1.29, 1.82) is 0 Å². The van der Waals surface area contributed by atoms with Gasteiger partial charge in [0.25, 0.3) is 0 Å². The summed E-state index contributed by atoms with van der Waals surface area (Å²) in [5.74, 6) is -1.41. The fraction of sp³-hybridized carbons (Fsp3) is 0.524. The lowest BCUT2D eigenvalue weighted by Gasteiger charge is -2.25. The first-order chi connectivity index (χ1) is 15.0. The molecule has 1 aromatic carbocycles. The van der Waals surface area contributed by atoms with Crippen LogP contribution in [0.2, 0.25) is 0 Å². The van der Waals surface area contributed by atoms with Crippen molar-refractivity contribution in [2.24, 2.45) is 0 Å². The quantitative estimate of drug-likeness (QED) is 0.354. The topological polar surface area (TPSA) is 129 Å². The van der Waals surface area contributed by atoms with Crippen LogP contribution in [0.5, 0.6) is 0 Å². The predicted molar refractivity (Wildman–Crippen MR) is 110 cm³/mol. The molecule has 2 fully saturated rings. The Bertz CT molecular complexity index is 777. The van der Waals surface area contributed by atoms with E-state index in [9.17, 15) is 19.2 Å². The molecule has 168 valence electrons. The van der Waals surface area contributed by atoms with Gasteiger partial charge in [-0.3, -0.25) is 24.1 Å². The van der Waals surface area contributed by atoms with Crippen LogP contribution in [0.4, 0.5) is 0 Å². The third-order valence-corrected chi connectivity index (χ3v) is 4.98. The van der Waals surface area contributed by atoms with Crippen molar-refractivity contribution in [2.75, 3.05) is 52.5 Å². The Kier molecular flexibility index (Phi) is 8.51. The molecule has 2 aliphatic rings. The van der Waals surface area contributed by atoms with Gasteiger partial charge in [0.2, 0.25) is 17.7 Å². The second kappa shape index (κ2) is 11.5. The molecule has 0 bridgehead atoms. The van der Waals surface area contributed by atoms with Gasteiger partial charge < -0.3 is 25.4 Å². The van der Waals surface area contributed by atoms with Crippen molar-refractivity contribution in [3.05, 3.63) is 35.9 Å². The Morgan fingerprint density at radius 2 is 1.61 bits per heavy atom. The van der Waals surface area contributed by atoms with Crippen molar-refractivity contribution in [1.82, 2.24) is 20.9 Å². The molecule has 3 amide bonds. The summed E-state index contributed by atoms with van der Waals surface area (Å²) >= 11 is 0. The predicted octanol–water partition coefficient (Wildman–Crippen LogP) is -1.75. The molecule has 2 atom stereocenters. The lowest BCUT2D eigenvalue weighted by molar-refractivity contribution is -0.130. The number of amides is 3. The normalized spacial score (nSPS) is 19.2. The number of nitrogens with one attached hydrogen (secondary N) is 3. The maximum absolute atomic E-state index is 12.4. The van der Waals surface area contributed by atoms with Crippen LogP contribution >= 0.6 is 0 Å². The van der Waals surface area contributed by atoms with E-state index in [1.54, 1.807) is 0 Å². The van der Waals surface area contributed by atoms with Gasteiger partial charge in [0.05, 0.1) is 45.5 Å². The molecule has 2 aliphatic heterocycles. The number of morpholine rings is 1. The highest BCUT2D eigenvalue weighted by molar-refractivity contribution is 5.95. The molecule has 2 saturated heterocycles. The number of hydrogen-bond acceptors (Lipinski definition) is 7. The number of Topliss-reactive ketones (excluding diaryl/α,β-unsaturated/α-hetero) is 1. The summed E-state index contributed by atoms with van der Waals surface area (Å²) in [6, 6.07) is 8.62. The maximum atomic E-state index is 12.4. The fourth-order valence-electron chi connectivity index (χ4n) is 3.19. The van der Waals surface area contributed by atoms with Crippen molar-refractivity contribution in [2.45, 2.75) is 18.6 Å². The summed E-state index contributed by atoms with van der Waals surface area (Å²) in [5, 5.41) is 7.66. The number of ether oxygens (including phenoxy) is 2. The zero-order valence-electron chi connectivity index (χ0n) is 17.3. The van der Waals surface area contributed by atoms with Crippen LogP contribution in [-0.2, 0) is 35.1 Å². The third kappa shape index (κ3) is 8.08. The highest BCUT2D eigenvalue weighted by atomic mass is 16.6. The van der Waals surface area contributed by atoms with Gasteiger partial charge in [-0.25, -0.2) is 0 Å². The molecule has 10 nitrogen and oxygen atoms in total. The Hall–Kier alpha value is -2.82. The van der Waals surface area contributed by atoms with E-state index in [-0.39, 0.29) is 31.3 Å². The zero-order valence-corrected chi connectivity index (χ0v) is 17.3. The molecular formula is C21H28N4O6. The molecule has 31 heavy (non-hydrogen) atoms. The van der Waals surface area contributed by atoms with Crippen LogP contribution in [0.3, 0.4) is 0 Å². The maximum Gasteiger partial charge on any atom is 0.239 e. The standard InChI is InChI=1S/C21H28N4O6/c26-18(11-23-20(28)13-25-6-8-30-9-7-25)22-12-19(27)24-16(21(29)17-14-31-17)10-15-4-2-1-3-5-15/h1-5,16-17H,6-14H2,(H,22,26)(H,23,28)(H,24,27). The third-order valence-electron chi connectivity index (χ3n) is 4.98. The van der Waals surface area contributed by atoms with E-state index in [4.69, 9.17) is 9.47 Å². The number of carbonyl (C=O) groups excluding carboxylic acids is 4. The van der Waals surface area contributed by atoms with Crippen molar-refractivity contribution < 1.29 is 28.7 Å². The second-order valence-corrected chi connectivity index (χ2v) is 7.48. The van der Waals surface area contributed by atoms with Crippen LogP contribution in [0, 0.1) is 0 Å². The van der Waals surface area contributed by atoms with Crippen molar-refractivity contribution in [3.63, 3.8) is 0 Å². The summed E-state index contributed by atoms with van der Waals surface area (Å²) in [4.78, 5) is 50.5. The molecule has 0 spiro atoms. The van der Waals surface area contributed by atoms with Gasteiger partial charge in [-0.2, -0.15) is 0 Å². The van der Waals surface area contributed by atoms with E-state index >= 15 is 0 Å². The molecule has 2 heterocycles. The number of ketones is 1. The summed E-state index contributed by atoms with van der Waals surface area (Å²) in [6.45, 7) is 2.57. The minimum absolute atomic E-state index is 0.182. The number of hydrogen-bond donors (Lipinski definition) is 3. The van der Waals surface area contributed by atoms with Gasteiger partial charge in [0, 0.05) is 13.1 Å². The lowest BCUT2D eigenvalue weighted by Crippen LogP contribution is -2.49. The summed E-state index contributed by atoms with van der Waals surface area (Å²) in [5.41, 5.74) is 0.911. The van der Waals surface area contributed by atoms with E-state index in [1.165, 1.54) is 0 Å². The van der Waals surface area contributed by atoms with Crippen LogP contribution in [0.25, 0.3) is 0 Å². The fourth-order valence-corrected chi connectivity index (χ4v) is 3.19. The van der Waals surface area contributed by atoms with Gasteiger partial charge in [0.15, 0.2) is 5.78 Å². The van der Waals surface area contributed by atoms with Crippen molar-refractivity contribution in [3.8, 4) is 0 Å². The van der Waals surface area contributed by atoms with Crippen LogP contribution in [-0.4, -0.2) is 93.1 Å². The largest absolute Gasteiger partial charge is 0.379 e. The molecule has 3 N–H and O–H groups in total. The second-order valence-electron chi connectivity index (χ2n) is 7.48. The van der Waals surface area contributed by atoms with Gasteiger partial charge in [-0.1, -0.05) is 30.3 Å². The molecule has 0 aliphatic carbocycles. The summed E-state index contributed by atoms with van der Waals surface area (Å²) in [6.07, 6.45) is -0.137. The molecule has 3 rings (SSSR count).